The van der Waals surface area contributed by atoms with E-state index in [1.807, 2.05) is 37.6 Å². The lowest BCUT2D eigenvalue weighted by molar-refractivity contribution is -0.142. The second-order valence-corrected chi connectivity index (χ2v) is 28.6. The molecular formula is C82H111ClFN19O18. The van der Waals surface area contributed by atoms with Gasteiger partial charge in [0.05, 0.1) is 156 Å². The molecule has 39 heteroatoms. The molecule has 3 aliphatic rings. The summed E-state index contributed by atoms with van der Waals surface area (Å²) in [6.07, 6.45) is 13.9. The number of hydrogen-bond donors (Lipinski definition) is 5. The zero-order chi connectivity index (χ0) is 85.8. The van der Waals surface area contributed by atoms with E-state index in [1.54, 1.807) is 64.8 Å². The molecule has 0 bridgehead atoms. The number of aromatic nitrogens is 10. The van der Waals surface area contributed by atoms with Gasteiger partial charge in [-0.2, -0.15) is 0 Å². The van der Waals surface area contributed by atoms with Crippen molar-refractivity contribution < 1.29 is 90.1 Å². The van der Waals surface area contributed by atoms with Crippen molar-refractivity contribution in [2.75, 3.05) is 198 Å². The molecule has 6 heterocycles. The number of amides is 7. The van der Waals surface area contributed by atoms with Crippen molar-refractivity contribution >= 4 is 70.0 Å². The van der Waals surface area contributed by atoms with Gasteiger partial charge in [0.25, 0.3) is 23.5 Å². The Morgan fingerprint density at radius 3 is 1.86 bits per heavy atom. The van der Waals surface area contributed by atoms with E-state index in [2.05, 4.69) is 72.1 Å². The third-order valence-electron chi connectivity index (χ3n) is 19.4. The number of anilines is 1. The maximum absolute atomic E-state index is 13.9. The van der Waals surface area contributed by atoms with Crippen molar-refractivity contribution in [3.05, 3.63) is 159 Å². The number of rotatable bonds is 52. The van der Waals surface area contributed by atoms with Crippen LogP contribution < -0.4 is 31.3 Å². The first-order valence-corrected chi connectivity index (χ1v) is 40.9. The molecule has 0 spiro atoms. The number of piperidine rings is 1. The SMILES string of the molecule is CNC(=O)CCOCCOCCn1cc(COCCOCCOCCN(C)CCCNC(=O)C(=O)NCc2ccc(C(=O)Nc3ccc(Cl)c(F)c3)cc2CN2CCCCC2)nn1.CNC(=O)CCc1cn(CCOCCOCCOCCOCc2ncn(-c3ncc(OC)c4c3CC=C4C(=O)C(=O)N3CCN(C(=O)c4ccccc4)CC3)n2)nn1. The molecular weight excluding hydrogens is 1590 g/mol. The van der Waals surface area contributed by atoms with Crippen molar-refractivity contribution in [1.29, 1.82) is 0 Å². The van der Waals surface area contributed by atoms with Gasteiger partial charge in [0, 0.05) is 125 Å². The summed E-state index contributed by atoms with van der Waals surface area (Å²) in [6, 6.07) is 18.3. The number of aryl methyl sites for hydroxylation is 1. The average Bonchev–Trinajstić information content (AvgIpc) is 1.61. The van der Waals surface area contributed by atoms with Gasteiger partial charge in [-0.25, -0.2) is 28.4 Å². The fourth-order valence-electron chi connectivity index (χ4n) is 12.7. The van der Waals surface area contributed by atoms with Gasteiger partial charge in [-0.15, -0.1) is 15.3 Å². The number of ketones is 1. The molecule has 656 valence electrons. The molecule has 3 aromatic carbocycles. The van der Waals surface area contributed by atoms with Crippen molar-refractivity contribution in [2.45, 2.75) is 90.8 Å². The lowest BCUT2D eigenvalue weighted by atomic mass is 10.0. The predicted molar refractivity (Wildman–Crippen MR) is 439 cm³/mol. The zero-order valence-corrected chi connectivity index (χ0v) is 69.9. The van der Waals surface area contributed by atoms with E-state index in [0.29, 0.717) is 242 Å². The number of methoxy groups -OCH3 is 1. The summed E-state index contributed by atoms with van der Waals surface area (Å²) in [7, 11) is 6.65. The Morgan fingerprint density at radius 1 is 0.595 bits per heavy atom. The molecule has 2 saturated heterocycles. The Labute approximate surface area is 707 Å². The van der Waals surface area contributed by atoms with Crippen LogP contribution in [0, 0.1) is 5.82 Å². The number of allylic oxidation sites excluding steroid dienone is 1. The van der Waals surface area contributed by atoms with Crippen molar-refractivity contribution in [2.24, 2.45) is 0 Å². The molecule has 0 saturated carbocycles. The molecule has 2 aliphatic heterocycles. The number of halogens is 2. The Hall–Kier alpha value is -10.5. The number of likely N-dealkylation sites (N-methyl/N-ethyl adjacent to an activating group) is 1. The van der Waals surface area contributed by atoms with Crippen LogP contribution in [0.2, 0.25) is 5.02 Å². The molecule has 7 aromatic rings. The Balaban J connectivity index is 0.000000276. The molecule has 0 atom stereocenters. The molecule has 10 rings (SSSR count). The number of benzene rings is 3. The number of Topliss-reactive ketones (excluding diaryl/α,β-unsaturated/α-hetero) is 1. The predicted octanol–water partition coefficient (Wildman–Crippen LogP) is 3.48. The van der Waals surface area contributed by atoms with Crippen LogP contribution in [0.25, 0.3) is 11.4 Å². The summed E-state index contributed by atoms with van der Waals surface area (Å²) >= 11 is 5.78. The summed E-state index contributed by atoms with van der Waals surface area (Å²) < 4.78 is 74.6. The standard InChI is InChI=1S/C43H63ClFN9O9.C39H48N10O9/c1-46-40(55)11-18-59-21-22-61-20-17-54-31-37(50-51-54)32-63-26-25-62-24-23-60-19-16-52(2)13-6-12-47-42(57)43(58)48-29-34-8-7-33(27-35(34)30-53-14-4-3-5-15-53)41(56)49-36-9-10-38(44)39(45)28-36;1-40-34(50)11-8-29-25-48(45-43-29)16-17-55-18-19-56-20-21-57-22-23-58-26-33-42-27-49(44-33)37-31-10-9-30(35(31)32(54-2)24-41-37)36(51)39(53)47-14-12-46(13-15-47)38(52)28-6-4-3-5-7-28/h7-10,27-28,31H,3-6,11-26,29-30,32H2,1-2H3,(H,46,55)(H,47,57)(H,48,58)(H,49,56);3-7,9,24-25,27H,8,10-23,26H2,1-2H3,(H,40,50). The van der Waals surface area contributed by atoms with Gasteiger partial charge >= 0.3 is 11.8 Å². The number of pyridine rings is 1. The van der Waals surface area contributed by atoms with Crippen LogP contribution in [0.15, 0.2) is 97.7 Å². The van der Waals surface area contributed by atoms with Crippen molar-refractivity contribution in [3.63, 3.8) is 0 Å². The number of fused-ring (bicyclic) bond motifs is 1. The second kappa shape index (κ2) is 52.6. The fourth-order valence-corrected chi connectivity index (χ4v) is 12.8. The van der Waals surface area contributed by atoms with E-state index in [4.69, 9.17) is 59.0 Å². The molecule has 0 radical (unpaired) electrons. The highest BCUT2D eigenvalue weighted by Crippen LogP contribution is 2.38. The number of hydrogen-bond acceptors (Lipinski definition) is 27. The largest absolute Gasteiger partial charge is 0.494 e. The molecule has 1 aliphatic carbocycles. The van der Waals surface area contributed by atoms with Crippen molar-refractivity contribution in [3.8, 4) is 11.6 Å². The Bertz CT molecular complexity index is 4450. The summed E-state index contributed by atoms with van der Waals surface area (Å²) in [5, 5.41) is 34.0. The average molecular weight is 1710 g/mol. The van der Waals surface area contributed by atoms with Crippen LogP contribution in [0.5, 0.6) is 5.75 Å². The van der Waals surface area contributed by atoms with Crippen LogP contribution in [0.4, 0.5) is 10.1 Å². The van der Waals surface area contributed by atoms with Gasteiger partial charge in [0.15, 0.2) is 11.6 Å². The minimum absolute atomic E-state index is 0.0333. The maximum Gasteiger partial charge on any atom is 0.309 e. The smallest absolute Gasteiger partial charge is 0.309 e. The minimum atomic E-state index is -0.736. The Kier molecular flexibility index (Phi) is 41.1. The van der Waals surface area contributed by atoms with Crippen LogP contribution in [0.3, 0.4) is 0 Å². The maximum atomic E-state index is 13.9. The number of likely N-dealkylation sites (tertiary alicyclic amines) is 1. The number of carbonyl (C=O) groups excluding carboxylic acids is 8. The molecule has 4 aromatic heterocycles. The third-order valence-corrected chi connectivity index (χ3v) is 19.7. The lowest BCUT2D eigenvalue weighted by Crippen LogP contribution is -2.52. The Morgan fingerprint density at radius 2 is 1.20 bits per heavy atom. The number of nitrogens with one attached hydrogen (secondary N) is 5. The van der Waals surface area contributed by atoms with Gasteiger partial charge in [0.2, 0.25) is 11.8 Å². The third kappa shape index (κ3) is 32.4. The summed E-state index contributed by atoms with van der Waals surface area (Å²) in [4.78, 5) is 117. The normalized spacial score (nSPS) is 13.3. The monoisotopic (exact) mass is 1700 g/mol. The number of nitrogens with zero attached hydrogens (tertiary/aromatic N) is 14. The highest BCUT2D eigenvalue weighted by molar-refractivity contribution is 6.54. The summed E-state index contributed by atoms with van der Waals surface area (Å²) in [5.41, 5.74) is 5.83. The molecule has 0 unspecified atom stereocenters. The lowest BCUT2D eigenvalue weighted by Gasteiger charge is -2.34. The van der Waals surface area contributed by atoms with E-state index < -0.39 is 35.2 Å². The van der Waals surface area contributed by atoms with Crippen molar-refractivity contribution in [1.82, 2.24) is 90.6 Å². The van der Waals surface area contributed by atoms with Gasteiger partial charge in [-0.05, 0) is 106 Å². The highest BCUT2D eigenvalue weighted by atomic mass is 35.5. The molecule has 2 fully saturated rings. The first-order chi connectivity index (χ1) is 59.0. The van der Waals surface area contributed by atoms with Gasteiger partial charge in [-0.1, -0.05) is 58.8 Å². The number of piperazine rings is 1. The van der Waals surface area contributed by atoms with Crippen LogP contribution >= 0.6 is 11.6 Å². The van der Waals surface area contributed by atoms with Crippen LogP contribution in [-0.4, -0.2) is 309 Å². The highest BCUT2D eigenvalue weighted by Gasteiger charge is 2.36. The first-order valence-electron chi connectivity index (χ1n) is 40.6. The quantitative estimate of drug-likeness (QED) is 0.0269. The summed E-state index contributed by atoms with van der Waals surface area (Å²) in [5.74, 6) is -2.68. The molecule has 121 heavy (non-hydrogen) atoms. The first kappa shape index (κ1) is 94.4. The molecule has 7 amide bonds. The zero-order valence-electron chi connectivity index (χ0n) is 69.2. The number of carbonyl (C=O) groups is 8. The molecule has 5 N–H and O–H groups in total. The van der Waals surface area contributed by atoms with Gasteiger partial charge < -0.3 is 88.7 Å². The van der Waals surface area contributed by atoms with E-state index >= 15 is 0 Å². The van der Waals surface area contributed by atoms with Gasteiger partial charge in [-0.3, -0.25) is 43.3 Å². The van der Waals surface area contributed by atoms with E-state index in [-0.39, 0.29) is 60.2 Å². The van der Waals surface area contributed by atoms with E-state index in [9.17, 15) is 42.7 Å². The summed E-state index contributed by atoms with van der Waals surface area (Å²) in [6.45, 7) is 13.8. The second-order valence-electron chi connectivity index (χ2n) is 28.1. The van der Waals surface area contributed by atoms with Crippen LogP contribution in [-0.2, 0) is 124 Å². The van der Waals surface area contributed by atoms with E-state index in [0.717, 1.165) is 48.8 Å². The number of ether oxygens (including phenoxy) is 10. The topological polar surface area (TPSA) is 407 Å². The fraction of sp³-hybridized carbons (Fsp3) is 0.524. The van der Waals surface area contributed by atoms with Crippen LogP contribution in [0.1, 0.15) is 98.7 Å². The van der Waals surface area contributed by atoms with Gasteiger partial charge in [0.1, 0.15) is 30.2 Å². The minimum Gasteiger partial charge on any atom is -0.494 e. The van der Waals surface area contributed by atoms with E-state index in [1.165, 1.54) is 47.8 Å². The molecule has 37 nitrogen and oxygen atoms in total.